The lowest BCUT2D eigenvalue weighted by molar-refractivity contribution is -0.137. The van der Waals surface area contributed by atoms with Gasteiger partial charge in [-0.15, -0.1) is 0 Å². The van der Waals surface area contributed by atoms with E-state index in [-0.39, 0.29) is 11.6 Å². The lowest BCUT2D eigenvalue weighted by Crippen LogP contribution is -2.41. The molecule has 1 aromatic heterocycles. The third kappa shape index (κ3) is 4.27. The fourth-order valence-corrected chi connectivity index (χ4v) is 7.75. The van der Waals surface area contributed by atoms with Crippen LogP contribution in [0.5, 0.6) is 0 Å². The maximum atomic E-state index is 13.4. The standard InChI is InChI=1S/C25H20F3N3O4S2/c1-24(2)17-18(21(34)31(20(17)33)15-9-4-3-5-10-15)36-22-19(24)37-23(35)30(22)12-16(32)29-14-8-6-7-13(11-14)25(26,27)28/h3-11,17-18H,12H2,1-2H3,(H,29,32). The summed E-state index contributed by atoms with van der Waals surface area (Å²) in [5.74, 6) is -2.15. The number of amides is 3. The van der Waals surface area contributed by atoms with E-state index in [2.05, 4.69) is 5.32 Å². The normalized spacial score (nSPS) is 20.5. The zero-order valence-electron chi connectivity index (χ0n) is 19.5. The Kier molecular flexibility index (Phi) is 6.06. The van der Waals surface area contributed by atoms with Gasteiger partial charge < -0.3 is 5.32 Å². The van der Waals surface area contributed by atoms with Crippen LogP contribution in [-0.2, 0) is 32.5 Å². The van der Waals surface area contributed by atoms with Gasteiger partial charge in [-0.2, -0.15) is 13.2 Å². The number of alkyl halides is 3. The van der Waals surface area contributed by atoms with Crippen LogP contribution in [0.25, 0.3) is 0 Å². The maximum absolute atomic E-state index is 13.4. The molecule has 3 aromatic rings. The van der Waals surface area contributed by atoms with Crippen molar-refractivity contribution in [1.29, 1.82) is 0 Å². The summed E-state index contributed by atoms with van der Waals surface area (Å²) >= 11 is 1.98. The molecule has 2 atom stereocenters. The van der Waals surface area contributed by atoms with Gasteiger partial charge in [-0.25, -0.2) is 4.90 Å². The molecule has 12 heteroatoms. The Labute approximate surface area is 217 Å². The van der Waals surface area contributed by atoms with E-state index >= 15 is 0 Å². The molecule has 3 heterocycles. The van der Waals surface area contributed by atoms with Gasteiger partial charge in [0.2, 0.25) is 17.7 Å². The molecule has 1 saturated heterocycles. The van der Waals surface area contributed by atoms with Gasteiger partial charge in [-0.05, 0) is 30.3 Å². The van der Waals surface area contributed by atoms with Gasteiger partial charge in [0.15, 0.2) is 0 Å². The molecule has 2 aliphatic heterocycles. The average molecular weight is 548 g/mol. The maximum Gasteiger partial charge on any atom is 0.416 e. The van der Waals surface area contributed by atoms with Crippen molar-refractivity contribution in [1.82, 2.24) is 4.57 Å². The summed E-state index contributed by atoms with van der Waals surface area (Å²) in [6, 6.07) is 12.8. The lowest BCUT2D eigenvalue weighted by Gasteiger charge is -2.36. The zero-order chi connectivity index (χ0) is 26.7. The van der Waals surface area contributed by atoms with E-state index in [4.69, 9.17) is 0 Å². The third-order valence-corrected chi connectivity index (χ3v) is 9.32. The van der Waals surface area contributed by atoms with Crippen molar-refractivity contribution in [2.24, 2.45) is 5.92 Å². The molecule has 0 saturated carbocycles. The van der Waals surface area contributed by atoms with Crippen LogP contribution in [0.3, 0.4) is 0 Å². The van der Waals surface area contributed by atoms with E-state index in [0.29, 0.717) is 15.6 Å². The molecule has 5 rings (SSSR count). The van der Waals surface area contributed by atoms with E-state index in [9.17, 15) is 32.3 Å². The molecule has 2 unspecified atom stereocenters. The molecular formula is C25H20F3N3O4S2. The average Bonchev–Trinajstić information content (AvgIpc) is 3.28. The smallest absolute Gasteiger partial charge is 0.325 e. The minimum atomic E-state index is -4.57. The highest BCUT2D eigenvalue weighted by Crippen LogP contribution is 2.54. The van der Waals surface area contributed by atoms with E-state index < -0.39 is 51.6 Å². The summed E-state index contributed by atoms with van der Waals surface area (Å²) in [6.45, 7) is 3.14. The zero-order valence-corrected chi connectivity index (χ0v) is 21.2. The summed E-state index contributed by atoms with van der Waals surface area (Å²) in [6.07, 6.45) is -4.57. The van der Waals surface area contributed by atoms with Crippen molar-refractivity contribution in [2.45, 2.75) is 42.3 Å². The number of para-hydroxylation sites is 1. The Hall–Kier alpha value is -3.38. The van der Waals surface area contributed by atoms with Gasteiger partial charge in [0.05, 0.1) is 22.2 Å². The molecule has 1 N–H and O–H groups in total. The van der Waals surface area contributed by atoms with E-state index in [0.717, 1.165) is 35.2 Å². The number of rotatable bonds is 4. The number of imide groups is 1. The van der Waals surface area contributed by atoms with Crippen molar-refractivity contribution in [3.63, 3.8) is 0 Å². The molecule has 7 nitrogen and oxygen atoms in total. The highest BCUT2D eigenvalue weighted by Gasteiger charge is 2.59. The number of benzene rings is 2. The number of anilines is 2. The molecule has 37 heavy (non-hydrogen) atoms. The molecule has 1 fully saturated rings. The second kappa shape index (κ2) is 8.88. The number of halogens is 3. The van der Waals surface area contributed by atoms with Gasteiger partial charge in [0, 0.05) is 16.0 Å². The third-order valence-electron chi connectivity index (χ3n) is 6.49. The minimum Gasteiger partial charge on any atom is -0.325 e. The number of hydrogen-bond donors (Lipinski definition) is 1. The number of hydrogen-bond acceptors (Lipinski definition) is 6. The number of thioether (sulfide) groups is 1. The van der Waals surface area contributed by atoms with Crippen molar-refractivity contribution in [3.8, 4) is 0 Å². The topological polar surface area (TPSA) is 88.5 Å². The van der Waals surface area contributed by atoms with Gasteiger partial charge in [0.25, 0.3) is 0 Å². The molecule has 192 valence electrons. The van der Waals surface area contributed by atoms with Crippen LogP contribution in [0, 0.1) is 5.92 Å². The van der Waals surface area contributed by atoms with E-state index in [1.54, 1.807) is 44.2 Å². The summed E-state index contributed by atoms with van der Waals surface area (Å²) in [4.78, 5) is 53.7. The largest absolute Gasteiger partial charge is 0.416 e. The van der Waals surface area contributed by atoms with Crippen LogP contribution in [0.1, 0.15) is 24.3 Å². The molecule has 2 aliphatic rings. The number of carbonyl (C=O) groups excluding carboxylic acids is 3. The molecule has 0 aliphatic carbocycles. The number of thiazole rings is 1. The molecule has 0 spiro atoms. The predicted octanol–water partition coefficient (Wildman–Crippen LogP) is 4.51. The summed E-state index contributed by atoms with van der Waals surface area (Å²) < 4.78 is 40.3. The number of nitrogens with zero attached hydrogens (tertiary/aromatic N) is 2. The van der Waals surface area contributed by atoms with Crippen LogP contribution in [0.15, 0.2) is 64.4 Å². The second-order valence-electron chi connectivity index (χ2n) is 9.30. The number of carbonyl (C=O) groups is 3. The summed E-state index contributed by atoms with van der Waals surface area (Å²) in [5.41, 5.74) is -1.37. The number of aromatic nitrogens is 1. The van der Waals surface area contributed by atoms with Crippen molar-refractivity contribution < 1.29 is 27.6 Å². The Bertz CT molecular complexity index is 1480. The molecular weight excluding hydrogens is 527 g/mol. The highest BCUT2D eigenvalue weighted by atomic mass is 32.2. The van der Waals surface area contributed by atoms with Crippen LogP contribution in [0.2, 0.25) is 0 Å². The first-order chi connectivity index (χ1) is 17.4. The van der Waals surface area contributed by atoms with E-state index in [1.807, 2.05) is 0 Å². The Morgan fingerprint density at radius 2 is 1.73 bits per heavy atom. The molecule has 2 aromatic carbocycles. The van der Waals surface area contributed by atoms with Gasteiger partial charge in [-0.1, -0.05) is 61.2 Å². The van der Waals surface area contributed by atoms with Crippen molar-refractivity contribution in [3.05, 3.63) is 74.7 Å². The van der Waals surface area contributed by atoms with Crippen LogP contribution in [0.4, 0.5) is 24.5 Å². The first kappa shape index (κ1) is 25.3. The van der Waals surface area contributed by atoms with Crippen molar-refractivity contribution >= 4 is 52.2 Å². The summed E-state index contributed by atoms with van der Waals surface area (Å²) in [5, 5.41) is 2.03. The summed E-state index contributed by atoms with van der Waals surface area (Å²) in [7, 11) is 0. The van der Waals surface area contributed by atoms with Crippen molar-refractivity contribution in [2.75, 3.05) is 10.2 Å². The minimum absolute atomic E-state index is 0.0555. The first-order valence-corrected chi connectivity index (χ1v) is 12.9. The monoisotopic (exact) mass is 547 g/mol. The van der Waals surface area contributed by atoms with Crippen LogP contribution in [-0.4, -0.2) is 27.5 Å². The SMILES string of the molecule is CC1(C)c2sc(=O)n(CC(=O)Nc3cccc(C(F)(F)F)c3)c2SC2C(=O)N(c3ccccc3)C(=O)C21. The Morgan fingerprint density at radius 1 is 1.03 bits per heavy atom. The first-order valence-electron chi connectivity index (χ1n) is 11.2. The highest BCUT2D eigenvalue weighted by molar-refractivity contribution is 8.00. The predicted molar refractivity (Wildman–Crippen MR) is 134 cm³/mol. The van der Waals surface area contributed by atoms with Gasteiger partial charge >= 0.3 is 11.0 Å². The number of fused-ring (bicyclic) bond motifs is 2. The Morgan fingerprint density at radius 3 is 2.41 bits per heavy atom. The lowest BCUT2D eigenvalue weighted by atomic mass is 9.76. The number of nitrogens with one attached hydrogen (secondary N) is 1. The van der Waals surface area contributed by atoms with Gasteiger partial charge in [0.1, 0.15) is 11.8 Å². The quantitative estimate of drug-likeness (QED) is 0.486. The fourth-order valence-electron chi connectivity index (χ4n) is 4.72. The Balaban J connectivity index is 1.44. The molecule has 0 bridgehead atoms. The fraction of sp³-hybridized carbons (Fsp3) is 0.280. The molecule has 0 radical (unpaired) electrons. The van der Waals surface area contributed by atoms with Gasteiger partial charge in [-0.3, -0.25) is 23.7 Å². The van der Waals surface area contributed by atoms with E-state index in [1.165, 1.54) is 21.6 Å². The van der Waals surface area contributed by atoms with Crippen LogP contribution < -0.4 is 15.1 Å². The van der Waals surface area contributed by atoms with Crippen LogP contribution >= 0.6 is 23.1 Å². The second-order valence-corrected chi connectivity index (χ2v) is 11.4. The molecule has 3 amide bonds.